The van der Waals surface area contributed by atoms with Crippen LogP contribution in [-0.4, -0.2) is 18.8 Å². The van der Waals surface area contributed by atoms with Gasteiger partial charge >= 0.3 is 0 Å². The summed E-state index contributed by atoms with van der Waals surface area (Å²) in [6.07, 6.45) is 0.986. The maximum atomic E-state index is 5.77. The van der Waals surface area contributed by atoms with Crippen molar-refractivity contribution in [1.29, 1.82) is 0 Å². The molecule has 0 bridgehead atoms. The van der Waals surface area contributed by atoms with Crippen molar-refractivity contribution in [3.05, 3.63) is 22.4 Å². The lowest BCUT2D eigenvalue weighted by Crippen LogP contribution is -2.37. The Bertz CT molecular complexity index is 226. The highest BCUT2D eigenvalue weighted by molar-refractivity contribution is 7.07. The van der Waals surface area contributed by atoms with E-state index in [1.807, 2.05) is 13.8 Å². The van der Waals surface area contributed by atoms with Crippen LogP contribution in [0.3, 0.4) is 0 Å². The van der Waals surface area contributed by atoms with Crippen LogP contribution in [0.25, 0.3) is 0 Å². The van der Waals surface area contributed by atoms with Crippen molar-refractivity contribution in [3.63, 3.8) is 0 Å². The number of hydrogen-bond donors (Lipinski definition) is 1. The number of ether oxygens (including phenoxy) is 1. The van der Waals surface area contributed by atoms with Crippen LogP contribution in [0.15, 0.2) is 16.8 Å². The molecule has 1 aromatic rings. The van der Waals surface area contributed by atoms with E-state index in [-0.39, 0.29) is 5.54 Å². The van der Waals surface area contributed by atoms with E-state index >= 15 is 0 Å². The van der Waals surface area contributed by atoms with Gasteiger partial charge in [0.05, 0.1) is 13.2 Å². The molecular weight excluding hydrogens is 182 g/mol. The van der Waals surface area contributed by atoms with Gasteiger partial charge in [0.25, 0.3) is 0 Å². The van der Waals surface area contributed by atoms with Gasteiger partial charge in [-0.3, -0.25) is 0 Å². The Balaban J connectivity index is 2.09. The third-order valence-electron chi connectivity index (χ3n) is 1.59. The predicted octanol–water partition coefficient (Wildman–Crippen LogP) is 2.04. The summed E-state index contributed by atoms with van der Waals surface area (Å²) in [5.41, 5.74) is 6.91. The van der Waals surface area contributed by atoms with E-state index in [4.69, 9.17) is 10.5 Å². The molecule has 74 valence electrons. The van der Waals surface area contributed by atoms with Gasteiger partial charge in [-0.05, 0) is 42.7 Å². The molecule has 0 atom stereocenters. The standard InChI is InChI=1S/C10H17NOS/c1-10(2,11)8-12-5-3-9-4-6-13-7-9/h4,6-7H,3,5,8,11H2,1-2H3. The van der Waals surface area contributed by atoms with Crippen LogP contribution in [0.5, 0.6) is 0 Å². The molecule has 2 N–H and O–H groups in total. The summed E-state index contributed by atoms with van der Waals surface area (Å²) >= 11 is 1.72. The highest BCUT2D eigenvalue weighted by atomic mass is 32.1. The summed E-state index contributed by atoms with van der Waals surface area (Å²) in [4.78, 5) is 0. The first-order valence-corrected chi connectivity index (χ1v) is 5.40. The normalized spacial score (nSPS) is 11.9. The van der Waals surface area contributed by atoms with Crippen LogP contribution >= 0.6 is 11.3 Å². The molecular formula is C10H17NOS. The van der Waals surface area contributed by atoms with Gasteiger partial charge in [-0.2, -0.15) is 11.3 Å². The molecule has 0 fully saturated rings. The molecule has 13 heavy (non-hydrogen) atoms. The van der Waals surface area contributed by atoms with E-state index in [1.165, 1.54) is 5.56 Å². The van der Waals surface area contributed by atoms with Gasteiger partial charge in [-0.15, -0.1) is 0 Å². The van der Waals surface area contributed by atoms with Crippen LogP contribution in [0.1, 0.15) is 19.4 Å². The van der Waals surface area contributed by atoms with Crippen LogP contribution in [0, 0.1) is 0 Å². The molecule has 0 unspecified atom stereocenters. The van der Waals surface area contributed by atoms with Crippen molar-refractivity contribution in [3.8, 4) is 0 Å². The molecule has 0 radical (unpaired) electrons. The first-order valence-electron chi connectivity index (χ1n) is 4.46. The molecule has 0 aromatic carbocycles. The van der Waals surface area contributed by atoms with Crippen LogP contribution in [-0.2, 0) is 11.2 Å². The fraction of sp³-hybridized carbons (Fsp3) is 0.600. The van der Waals surface area contributed by atoms with E-state index in [2.05, 4.69) is 16.8 Å². The second-order valence-electron chi connectivity index (χ2n) is 3.92. The van der Waals surface area contributed by atoms with Gasteiger partial charge in [0.2, 0.25) is 0 Å². The number of nitrogens with two attached hydrogens (primary N) is 1. The Kier molecular flexibility index (Phi) is 3.90. The fourth-order valence-corrected chi connectivity index (χ4v) is 1.66. The molecule has 0 spiro atoms. The minimum atomic E-state index is -0.214. The molecule has 0 aliphatic carbocycles. The van der Waals surface area contributed by atoms with E-state index in [0.29, 0.717) is 6.61 Å². The summed E-state index contributed by atoms with van der Waals surface area (Å²) < 4.78 is 5.45. The topological polar surface area (TPSA) is 35.2 Å². The van der Waals surface area contributed by atoms with Crippen molar-refractivity contribution >= 4 is 11.3 Å². The lowest BCUT2D eigenvalue weighted by molar-refractivity contribution is 0.0997. The van der Waals surface area contributed by atoms with Gasteiger partial charge < -0.3 is 10.5 Å². The Morgan fingerprint density at radius 1 is 1.54 bits per heavy atom. The number of thiophene rings is 1. The Morgan fingerprint density at radius 3 is 2.85 bits per heavy atom. The maximum absolute atomic E-state index is 5.77. The molecule has 0 saturated heterocycles. The summed E-state index contributed by atoms with van der Waals surface area (Å²) in [7, 11) is 0. The smallest absolute Gasteiger partial charge is 0.0640 e. The zero-order chi connectivity index (χ0) is 9.73. The van der Waals surface area contributed by atoms with Crippen molar-refractivity contribution in [1.82, 2.24) is 0 Å². The van der Waals surface area contributed by atoms with E-state index < -0.39 is 0 Å². The molecule has 0 amide bonds. The summed E-state index contributed by atoms with van der Waals surface area (Å²) in [5.74, 6) is 0. The molecule has 1 aromatic heterocycles. The highest BCUT2D eigenvalue weighted by Crippen LogP contribution is 2.07. The molecule has 0 aliphatic heterocycles. The average Bonchev–Trinajstić information content (AvgIpc) is 2.48. The summed E-state index contributed by atoms with van der Waals surface area (Å²) in [6.45, 7) is 5.32. The van der Waals surface area contributed by atoms with Crippen molar-refractivity contribution < 1.29 is 4.74 Å². The Labute approximate surface area is 83.7 Å². The lowest BCUT2D eigenvalue weighted by atomic mass is 10.1. The first kappa shape index (κ1) is 10.7. The van der Waals surface area contributed by atoms with Gasteiger partial charge in [0.1, 0.15) is 0 Å². The largest absolute Gasteiger partial charge is 0.379 e. The number of rotatable bonds is 5. The lowest BCUT2D eigenvalue weighted by Gasteiger charge is -2.17. The number of hydrogen-bond acceptors (Lipinski definition) is 3. The first-order chi connectivity index (χ1) is 6.08. The van der Waals surface area contributed by atoms with Crippen molar-refractivity contribution in [2.24, 2.45) is 5.73 Å². The van der Waals surface area contributed by atoms with Crippen LogP contribution < -0.4 is 5.73 Å². The molecule has 0 aliphatic rings. The SMILES string of the molecule is CC(C)(N)COCCc1ccsc1. The van der Waals surface area contributed by atoms with Gasteiger partial charge in [0.15, 0.2) is 0 Å². The Morgan fingerprint density at radius 2 is 2.31 bits per heavy atom. The quantitative estimate of drug-likeness (QED) is 0.737. The van der Waals surface area contributed by atoms with Crippen LogP contribution in [0.2, 0.25) is 0 Å². The molecule has 2 nitrogen and oxygen atoms in total. The molecule has 0 saturated carbocycles. The van der Waals surface area contributed by atoms with Crippen molar-refractivity contribution in [2.75, 3.05) is 13.2 Å². The third-order valence-corrected chi connectivity index (χ3v) is 2.32. The molecule has 1 rings (SSSR count). The monoisotopic (exact) mass is 199 g/mol. The van der Waals surface area contributed by atoms with E-state index in [9.17, 15) is 0 Å². The Hall–Kier alpha value is -0.380. The minimum absolute atomic E-state index is 0.214. The maximum Gasteiger partial charge on any atom is 0.0640 e. The minimum Gasteiger partial charge on any atom is -0.379 e. The predicted molar refractivity (Wildman–Crippen MR) is 57.1 cm³/mol. The fourth-order valence-electron chi connectivity index (χ4n) is 0.960. The zero-order valence-corrected chi connectivity index (χ0v) is 9.06. The van der Waals surface area contributed by atoms with E-state index in [0.717, 1.165) is 13.0 Å². The summed E-state index contributed by atoms with van der Waals surface area (Å²) in [6, 6.07) is 2.13. The molecule has 3 heteroatoms. The summed E-state index contributed by atoms with van der Waals surface area (Å²) in [5, 5.41) is 4.24. The third kappa shape index (κ3) is 5.03. The second kappa shape index (κ2) is 4.74. The van der Waals surface area contributed by atoms with Gasteiger partial charge in [-0.25, -0.2) is 0 Å². The second-order valence-corrected chi connectivity index (χ2v) is 4.70. The zero-order valence-electron chi connectivity index (χ0n) is 8.25. The van der Waals surface area contributed by atoms with Gasteiger partial charge in [0, 0.05) is 5.54 Å². The highest BCUT2D eigenvalue weighted by Gasteiger charge is 2.09. The van der Waals surface area contributed by atoms with Crippen LogP contribution in [0.4, 0.5) is 0 Å². The van der Waals surface area contributed by atoms with E-state index in [1.54, 1.807) is 11.3 Å². The van der Waals surface area contributed by atoms with Gasteiger partial charge in [-0.1, -0.05) is 0 Å². The van der Waals surface area contributed by atoms with Crippen molar-refractivity contribution in [2.45, 2.75) is 25.8 Å². The average molecular weight is 199 g/mol. The molecule has 1 heterocycles.